The molecule has 0 aliphatic carbocycles. The third kappa shape index (κ3) is 3.42. The van der Waals surface area contributed by atoms with Gasteiger partial charge in [-0.05, 0) is 52.2 Å². The van der Waals surface area contributed by atoms with Gasteiger partial charge in [0.1, 0.15) is 5.75 Å². The molecule has 0 saturated heterocycles. The van der Waals surface area contributed by atoms with E-state index in [2.05, 4.69) is 37.9 Å². The lowest BCUT2D eigenvalue weighted by Crippen LogP contribution is -2.07. The van der Waals surface area contributed by atoms with E-state index in [1.165, 1.54) is 6.20 Å². The van der Waals surface area contributed by atoms with Crippen LogP contribution in [-0.4, -0.2) is 24.9 Å². The van der Waals surface area contributed by atoms with Gasteiger partial charge in [0, 0.05) is 24.5 Å². The molecule has 0 saturated carbocycles. The highest BCUT2D eigenvalue weighted by Gasteiger charge is 2.13. The Morgan fingerprint density at radius 2 is 2.09 bits per heavy atom. The summed E-state index contributed by atoms with van der Waals surface area (Å²) in [7, 11) is 0. The average molecular weight is 373 g/mol. The molecule has 3 aromatic rings. The van der Waals surface area contributed by atoms with Crippen LogP contribution < -0.4 is 0 Å². The fourth-order valence-corrected chi connectivity index (χ4v) is 2.95. The third-order valence-corrected chi connectivity index (χ3v) is 4.19. The lowest BCUT2D eigenvalue weighted by molar-refractivity contribution is 0.471. The molecule has 23 heavy (non-hydrogen) atoms. The summed E-state index contributed by atoms with van der Waals surface area (Å²) in [6.07, 6.45) is 7.52. The summed E-state index contributed by atoms with van der Waals surface area (Å²) in [6.45, 7) is 2.11. The summed E-state index contributed by atoms with van der Waals surface area (Å²) >= 11 is 3.51. The first-order valence-electron chi connectivity index (χ1n) is 7.49. The van der Waals surface area contributed by atoms with Gasteiger partial charge in [-0.2, -0.15) is 5.10 Å². The molecule has 118 valence electrons. The van der Waals surface area contributed by atoms with E-state index in [1.807, 2.05) is 22.9 Å². The molecule has 0 unspecified atom stereocenters. The minimum absolute atomic E-state index is 0.207. The molecular weight excluding hydrogens is 356 g/mol. The zero-order chi connectivity index (χ0) is 16.2. The standard InChI is InChI=1S/C17H17BrN4O/c1-2-4-12-9-14(23)11-20-16(12)10-13-6-8-21-22(13)17-15(18)5-3-7-19-17/h3,5-9,11,23H,2,4,10H2,1H3. The molecule has 0 radical (unpaired) electrons. The van der Waals surface area contributed by atoms with E-state index in [0.717, 1.165) is 40.1 Å². The van der Waals surface area contributed by atoms with Crippen LogP contribution in [0.4, 0.5) is 0 Å². The number of rotatable bonds is 5. The Hall–Kier alpha value is -2.21. The van der Waals surface area contributed by atoms with Crippen LogP contribution in [0.15, 0.2) is 47.3 Å². The van der Waals surface area contributed by atoms with Gasteiger partial charge < -0.3 is 5.11 Å². The number of hydrogen-bond donors (Lipinski definition) is 1. The van der Waals surface area contributed by atoms with Gasteiger partial charge in [-0.3, -0.25) is 4.98 Å². The molecule has 6 heteroatoms. The Morgan fingerprint density at radius 1 is 1.22 bits per heavy atom. The summed E-state index contributed by atoms with van der Waals surface area (Å²) in [5.41, 5.74) is 3.03. The Balaban J connectivity index is 1.97. The molecule has 5 nitrogen and oxygen atoms in total. The minimum Gasteiger partial charge on any atom is -0.506 e. The van der Waals surface area contributed by atoms with Crippen LogP contribution in [-0.2, 0) is 12.8 Å². The van der Waals surface area contributed by atoms with E-state index in [-0.39, 0.29) is 5.75 Å². The summed E-state index contributed by atoms with van der Waals surface area (Å²) in [5, 5.41) is 14.0. The fraction of sp³-hybridized carbons (Fsp3) is 0.235. The number of aromatic nitrogens is 4. The predicted octanol–water partition coefficient (Wildman–Crippen LogP) is 3.67. The highest BCUT2D eigenvalue weighted by atomic mass is 79.9. The Labute approximate surface area is 143 Å². The highest BCUT2D eigenvalue weighted by molar-refractivity contribution is 9.10. The van der Waals surface area contributed by atoms with Crippen molar-refractivity contribution >= 4 is 15.9 Å². The van der Waals surface area contributed by atoms with E-state index >= 15 is 0 Å². The van der Waals surface area contributed by atoms with Gasteiger partial charge >= 0.3 is 0 Å². The maximum absolute atomic E-state index is 9.66. The van der Waals surface area contributed by atoms with Crippen molar-refractivity contribution in [3.63, 3.8) is 0 Å². The molecule has 1 N–H and O–H groups in total. The van der Waals surface area contributed by atoms with Gasteiger partial charge in [0.25, 0.3) is 0 Å². The number of pyridine rings is 2. The first-order valence-corrected chi connectivity index (χ1v) is 8.29. The fourth-order valence-electron chi connectivity index (χ4n) is 2.53. The third-order valence-electron chi connectivity index (χ3n) is 3.57. The molecular formula is C17H17BrN4O. The van der Waals surface area contributed by atoms with E-state index in [4.69, 9.17) is 0 Å². The molecule has 0 aliphatic heterocycles. The molecule has 3 heterocycles. The van der Waals surface area contributed by atoms with Gasteiger partial charge in [0.2, 0.25) is 0 Å². The van der Waals surface area contributed by atoms with Crippen molar-refractivity contribution in [3.8, 4) is 11.6 Å². The first kappa shape index (κ1) is 15.7. The first-order chi connectivity index (χ1) is 11.2. The van der Waals surface area contributed by atoms with Gasteiger partial charge in [0.15, 0.2) is 5.82 Å². The largest absolute Gasteiger partial charge is 0.506 e. The van der Waals surface area contributed by atoms with Crippen LogP contribution in [0.5, 0.6) is 5.75 Å². The number of aryl methyl sites for hydroxylation is 1. The second-order valence-corrected chi connectivity index (χ2v) is 6.12. The second-order valence-electron chi connectivity index (χ2n) is 5.27. The maximum atomic E-state index is 9.66. The van der Waals surface area contributed by atoms with E-state index in [9.17, 15) is 5.11 Å². The van der Waals surface area contributed by atoms with Gasteiger partial charge in [-0.1, -0.05) is 13.3 Å². The zero-order valence-electron chi connectivity index (χ0n) is 12.8. The van der Waals surface area contributed by atoms with Crippen LogP contribution in [0.3, 0.4) is 0 Å². The van der Waals surface area contributed by atoms with Crippen molar-refractivity contribution in [1.29, 1.82) is 0 Å². The molecule has 0 amide bonds. The summed E-state index contributed by atoms with van der Waals surface area (Å²) in [6, 6.07) is 7.57. The molecule has 0 atom stereocenters. The lowest BCUT2D eigenvalue weighted by Gasteiger charge is -2.11. The van der Waals surface area contributed by atoms with Crippen LogP contribution in [0.25, 0.3) is 5.82 Å². The molecule has 0 aromatic carbocycles. The van der Waals surface area contributed by atoms with Crippen LogP contribution >= 0.6 is 15.9 Å². The molecule has 0 fully saturated rings. The normalized spacial score (nSPS) is 10.9. The Bertz CT molecular complexity index is 816. The zero-order valence-corrected chi connectivity index (χ0v) is 14.4. The quantitative estimate of drug-likeness (QED) is 0.741. The highest BCUT2D eigenvalue weighted by Crippen LogP contribution is 2.22. The smallest absolute Gasteiger partial charge is 0.167 e. The van der Waals surface area contributed by atoms with Crippen LogP contribution in [0.2, 0.25) is 0 Å². The van der Waals surface area contributed by atoms with E-state index in [1.54, 1.807) is 18.5 Å². The lowest BCUT2D eigenvalue weighted by atomic mass is 10.0. The predicted molar refractivity (Wildman–Crippen MR) is 91.8 cm³/mol. The SMILES string of the molecule is CCCc1cc(O)cnc1Cc1ccnn1-c1ncccc1Br. The number of aromatic hydroxyl groups is 1. The van der Waals surface area contributed by atoms with E-state index < -0.39 is 0 Å². The van der Waals surface area contributed by atoms with Crippen molar-refractivity contribution in [3.05, 3.63) is 64.3 Å². The second kappa shape index (κ2) is 6.91. The van der Waals surface area contributed by atoms with Crippen molar-refractivity contribution in [2.24, 2.45) is 0 Å². The topological polar surface area (TPSA) is 63.8 Å². The Morgan fingerprint density at radius 3 is 2.87 bits per heavy atom. The van der Waals surface area contributed by atoms with Gasteiger partial charge in [-0.25, -0.2) is 9.67 Å². The van der Waals surface area contributed by atoms with Gasteiger partial charge in [-0.15, -0.1) is 0 Å². The summed E-state index contributed by atoms with van der Waals surface area (Å²) in [5.74, 6) is 0.960. The van der Waals surface area contributed by atoms with Crippen LogP contribution in [0.1, 0.15) is 30.3 Å². The number of hydrogen-bond acceptors (Lipinski definition) is 4. The van der Waals surface area contributed by atoms with E-state index in [0.29, 0.717) is 6.42 Å². The summed E-state index contributed by atoms with van der Waals surface area (Å²) in [4.78, 5) is 8.79. The molecule has 3 aromatic heterocycles. The van der Waals surface area contributed by atoms with Crippen molar-refractivity contribution in [2.45, 2.75) is 26.2 Å². The molecule has 3 rings (SSSR count). The molecule has 0 bridgehead atoms. The Kier molecular flexibility index (Phi) is 4.71. The van der Waals surface area contributed by atoms with Crippen molar-refractivity contribution in [2.75, 3.05) is 0 Å². The molecule has 0 spiro atoms. The van der Waals surface area contributed by atoms with Crippen LogP contribution in [0, 0.1) is 0 Å². The van der Waals surface area contributed by atoms with Crippen molar-refractivity contribution < 1.29 is 5.11 Å². The maximum Gasteiger partial charge on any atom is 0.167 e. The summed E-state index contributed by atoms with van der Waals surface area (Å²) < 4.78 is 2.70. The van der Waals surface area contributed by atoms with Gasteiger partial charge in [0.05, 0.1) is 16.4 Å². The number of halogens is 1. The number of nitrogens with zero attached hydrogens (tertiary/aromatic N) is 4. The monoisotopic (exact) mass is 372 g/mol. The molecule has 0 aliphatic rings. The minimum atomic E-state index is 0.207. The average Bonchev–Trinajstić information content (AvgIpc) is 2.99. The van der Waals surface area contributed by atoms with Crippen molar-refractivity contribution in [1.82, 2.24) is 19.7 Å².